The third-order valence-corrected chi connectivity index (χ3v) is 4.07. The van der Waals surface area contributed by atoms with Crippen LogP contribution in [0.5, 0.6) is 0 Å². The van der Waals surface area contributed by atoms with Crippen molar-refractivity contribution in [3.05, 3.63) is 28.5 Å². The molecule has 0 spiro atoms. The molecule has 0 bridgehead atoms. The molecular weight excluding hydrogens is 289 g/mol. The summed E-state index contributed by atoms with van der Waals surface area (Å²) in [4.78, 5) is 3.90. The molecule has 0 fully saturated rings. The minimum atomic E-state index is -4.43. The lowest BCUT2D eigenvalue weighted by molar-refractivity contribution is -0.136. The van der Waals surface area contributed by atoms with E-state index >= 15 is 0 Å². The second-order valence-electron chi connectivity index (χ2n) is 4.85. The van der Waals surface area contributed by atoms with Crippen molar-refractivity contribution in [2.75, 3.05) is 0 Å². The topological polar surface area (TPSA) is 17.8 Å². The maximum atomic E-state index is 13.1. The van der Waals surface area contributed by atoms with Gasteiger partial charge >= 0.3 is 6.18 Å². The van der Waals surface area contributed by atoms with Crippen LogP contribution in [0.3, 0.4) is 0 Å². The van der Waals surface area contributed by atoms with Crippen LogP contribution in [-0.4, -0.2) is 9.55 Å². The standard InChI is InChI=1S/C14H16ClF3N2/c1-4-8(5-2)9-6-7-10(14(16,17)18)11-12(9)20(3)13(15)19-11/h6-8H,4-5H2,1-3H3. The largest absolute Gasteiger partial charge is 0.418 e. The number of halogens is 4. The van der Waals surface area contributed by atoms with Crippen LogP contribution in [0.25, 0.3) is 11.0 Å². The Balaban J connectivity index is 2.81. The van der Waals surface area contributed by atoms with Gasteiger partial charge in [-0.05, 0) is 42.0 Å². The summed E-state index contributed by atoms with van der Waals surface area (Å²) in [6, 6.07) is 2.67. The van der Waals surface area contributed by atoms with Gasteiger partial charge in [0.2, 0.25) is 5.28 Å². The predicted octanol–water partition coefficient (Wildman–Crippen LogP) is 5.15. The lowest BCUT2D eigenvalue weighted by Gasteiger charge is -2.17. The number of hydrogen-bond donors (Lipinski definition) is 0. The molecule has 2 nitrogen and oxygen atoms in total. The van der Waals surface area contributed by atoms with Crippen molar-refractivity contribution in [1.82, 2.24) is 9.55 Å². The van der Waals surface area contributed by atoms with Gasteiger partial charge in [-0.1, -0.05) is 19.9 Å². The average Bonchev–Trinajstić information content (AvgIpc) is 2.66. The molecule has 0 aliphatic carbocycles. The van der Waals surface area contributed by atoms with Crippen LogP contribution in [0, 0.1) is 0 Å². The van der Waals surface area contributed by atoms with Gasteiger partial charge < -0.3 is 4.57 Å². The van der Waals surface area contributed by atoms with E-state index in [9.17, 15) is 13.2 Å². The molecule has 20 heavy (non-hydrogen) atoms. The van der Waals surface area contributed by atoms with Crippen LogP contribution in [-0.2, 0) is 13.2 Å². The van der Waals surface area contributed by atoms with Crippen molar-refractivity contribution in [2.45, 2.75) is 38.8 Å². The van der Waals surface area contributed by atoms with Gasteiger partial charge in [-0.15, -0.1) is 0 Å². The fourth-order valence-electron chi connectivity index (χ4n) is 2.61. The Morgan fingerprint density at radius 2 is 1.85 bits per heavy atom. The molecule has 2 aromatic rings. The number of aryl methyl sites for hydroxylation is 1. The molecule has 0 amide bonds. The van der Waals surface area contributed by atoms with Crippen molar-refractivity contribution in [1.29, 1.82) is 0 Å². The molecule has 0 atom stereocenters. The summed E-state index contributed by atoms with van der Waals surface area (Å²) in [5.74, 6) is 0.200. The van der Waals surface area contributed by atoms with Gasteiger partial charge in [-0.25, -0.2) is 4.98 Å². The van der Waals surface area contributed by atoms with Gasteiger partial charge in [-0.2, -0.15) is 13.2 Å². The highest BCUT2D eigenvalue weighted by molar-refractivity contribution is 6.29. The first-order chi connectivity index (χ1) is 9.31. The van der Waals surface area contributed by atoms with Crippen LogP contribution in [0.2, 0.25) is 5.28 Å². The van der Waals surface area contributed by atoms with E-state index in [1.54, 1.807) is 13.1 Å². The Morgan fingerprint density at radius 1 is 1.25 bits per heavy atom. The molecular formula is C14H16ClF3N2. The molecule has 2 rings (SSSR count). The smallest absolute Gasteiger partial charge is 0.318 e. The fraction of sp³-hybridized carbons (Fsp3) is 0.500. The molecule has 6 heteroatoms. The maximum absolute atomic E-state index is 13.1. The molecule has 0 saturated heterocycles. The first kappa shape index (κ1) is 15.2. The van der Waals surface area contributed by atoms with E-state index in [4.69, 9.17) is 11.6 Å². The van der Waals surface area contributed by atoms with Crippen LogP contribution in [0.15, 0.2) is 12.1 Å². The predicted molar refractivity (Wildman–Crippen MR) is 74.0 cm³/mol. The number of imidazole rings is 1. The zero-order chi connectivity index (χ0) is 15.1. The van der Waals surface area contributed by atoms with Crippen molar-refractivity contribution in [2.24, 2.45) is 7.05 Å². The maximum Gasteiger partial charge on any atom is 0.418 e. The van der Waals surface area contributed by atoms with E-state index in [-0.39, 0.29) is 16.7 Å². The Labute approximate surface area is 120 Å². The Bertz CT molecular complexity index is 627. The number of fused-ring (bicyclic) bond motifs is 1. The van der Waals surface area contributed by atoms with Crippen LogP contribution >= 0.6 is 11.6 Å². The number of benzene rings is 1. The van der Waals surface area contributed by atoms with Gasteiger partial charge in [0, 0.05) is 7.05 Å². The normalized spacial score (nSPS) is 12.6. The molecule has 0 saturated carbocycles. The number of rotatable bonds is 3. The molecule has 110 valence electrons. The monoisotopic (exact) mass is 304 g/mol. The van der Waals surface area contributed by atoms with Crippen LogP contribution in [0.1, 0.15) is 43.7 Å². The van der Waals surface area contributed by atoms with E-state index in [1.165, 1.54) is 4.57 Å². The Morgan fingerprint density at radius 3 is 2.35 bits per heavy atom. The highest BCUT2D eigenvalue weighted by Gasteiger charge is 2.35. The Hall–Kier alpha value is -1.23. The average molecular weight is 305 g/mol. The van der Waals surface area contributed by atoms with Gasteiger partial charge in [0.15, 0.2) is 0 Å². The summed E-state index contributed by atoms with van der Waals surface area (Å²) >= 11 is 5.92. The van der Waals surface area contributed by atoms with Gasteiger partial charge in [-0.3, -0.25) is 0 Å². The van der Waals surface area contributed by atoms with E-state index in [2.05, 4.69) is 4.98 Å². The lowest BCUT2D eigenvalue weighted by Crippen LogP contribution is -2.08. The molecule has 1 aromatic carbocycles. The minimum absolute atomic E-state index is 0.0607. The molecule has 0 radical (unpaired) electrons. The first-order valence-corrected chi connectivity index (χ1v) is 6.91. The van der Waals surface area contributed by atoms with Crippen LogP contribution < -0.4 is 0 Å². The summed E-state index contributed by atoms with van der Waals surface area (Å²) in [6.07, 6.45) is -2.71. The fourth-order valence-corrected chi connectivity index (χ4v) is 2.78. The molecule has 0 aliphatic rings. The number of aromatic nitrogens is 2. The SMILES string of the molecule is CCC(CC)c1ccc(C(F)(F)F)c2nc(Cl)n(C)c12. The summed E-state index contributed by atoms with van der Waals surface area (Å²) in [5.41, 5.74) is 0.567. The first-order valence-electron chi connectivity index (χ1n) is 6.53. The van der Waals surface area contributed by atoms with Gasteiger partial charge in [0.25, 0.3) is 0 Å². The highest BCUT2D eigenvalue weighted by Crippen LogP contribution is 2.39. The van der Waals surface area contributed by atoms with E-state index in [0.29, 0.717) is 5.52 Å². The molecule has 0 unspecified atom stereocenters. The number of alkyl halides is 3. The molecule has 0 aliphatic heterocycles. The zero-order valence-electron chi connectivity index (χ0n) is 11.6. The van der Waals surface area contributed by atoms with Crippen molar-refractivity contribution < 1.29 is 13.2 Å². The minimum Gasteiger partial charge on any atom is -0.318 e. The van der Waals surface area contributed by atoms with Crippen molar-refractivity contribution in [3.63, 3.8) is 0 Å². The third-order valence-electron chi connectivity index (χ3n) is 3.73. The summed E-state index contributed by atoms with van der Waals surface area (Å²) < 4.78 is 40.7. The zero-order valence-corrected chi connectivity index (χ0v) is 12.3. The Kier molecular flexibility index (Phi) is 4.00. The second kappa shape index (κ2) is 5.28. The summed E-state index contributed by atoms with van der Waals surface area (Å²) in [5, 5.41) is 0.0731. The summed E-state index contributed by atoms with van der Waals surface area (Å²) in [7, 11) is 1.64. The van der Waals surface area contributed by atoms with Crippen molar-refractivity contribution in [3.8, 4) is 0 Å². The second-order valence-corrected chi connectivity index (χ2v) is 5.19. The van der Waals surface area contributed by atoms with Crippen molar-refractivity contribution >= 4 is 22.6 Å². The quantitative estimate of drug-likeness (QED) is 0.767. The van der Waals surface area contributed by atoms with Gasteiger partial charge in [0.1, 0.15) is 5.52 Å². The van der Waals surface area contributed by atoms with E-state index < -0.39 is 11.7 Å². The number of hydrogen-bond acceptors (Lipinski definition) is 1. The number of nitrogens with zero attached hydrogens (tertiary/aromatic N) is 2. The molecule has 1 aromatic heterocycles. The molecule has 1 heterocycles. The van der Waals surface area contributed by atoms with Crippen LogP contribution in [0.4, 0.5) is 13.2 Å². The third kappa shape index (κ3) is 2.39. The van der Waals surface area contributed by atoms with Gasteiger partial charge in [0.05, 0.1) is 11.1 Å². The molecule has 0 N–H and O–H groups in total. The van der Waals surface area contributed by atoms with E-state index in [0.717, 1.165) is 24.5 Å². The summed E-state index contributed by atoms with van der Waals surface area (Å²) in [6.45, 7) is 4.05. The van der Waals surface area contributed by atoms with E-state index in [1.807, 2.05) is 13.8 Å². The lowest BCUT2D eigenvalue weighted by atomic mass is 9.91. The highest BCUT2D eigenvalue weighted by atomic mass is 35.5.